The van der Waals surface area contributed by atoms with Gasteiger partial charge in [0.25, 0.3) is 5.91 Å². The number of rotatable bonds is 9. The van der Waals surface area contributed by atoms with Gasteiger partial charge in [0, 0.05) is 31.6 Å². The first-order valence-corrected chi connectivity index (χ1v) is 12.4. The molecule has 1 N–H and O–H groups in total. The average Bonchev–Trinajstić information content (AvgIpc) is 3.50. The fraction of sp³-hybridized carbons (Fsp3) is 0.423. The van der Waals surface area contributed by atoms with Gasteiger partial charge >= 0.3 is 0 Å². The van der Waals surface area contributed by atoms with Crippen LogP contribution in [0.5, 0.6) is 0 Å². The summed E-state index contributed by atoms with van der Waals surface area (Å²) in [5, 5.41) is 3.64. The van der Waals surface area contributed by atoms with Crippen LogP contribution in [-0.2, 0) is 17.7 Å². The van der Waals surface area contributed by atoms with Crippen LogP contribution in [0.1, 0.15) is 61.2 Å². The molecule has 0 radical (unpaired) electrons. The highest BCUT2D eigenvalue weighted by atomic mass is 32.2. The van der Waals surface area contributed by atoms with Crippen molar-refractivity contribution in [2.75, 3.05) is 18.5 Å². The van der Waals surface area contributed by atoms with Gasteiger partial charge in [-0.15, -0.1) is 0 Å². The minimum atomic E-state index is -0.144. The van der Waals surface area contributed by atoms with E-state index in [1.807, 2.05) is 12.1 Å². The van der Waals surface area contributed by atoms with Crippen LogP contribution >= 0.6 is 11.8 Å². The lowest BCUT2D eigenvalue weighted by Gasteiger charge is -2.23. The zero-order valence-electron chi connectivity index (χ0n) is 19.8. The Morgan fingerprint density at radius 1 is 1.15 bits per heavy atom. The third-order valence-corrected chi connectivity index (χ3v) is 6.46. The highest BCUT2D eigenvalue weighted by Crippen LogP contribution is 2.29. The van der Waals surface area contributed by atoms with Crippen molar-refractivity contribution in [3.63, 3.8) is 0 Å². The maximum absolute atomic E-state index is 12.2. The zero-order chi connectivity index (χ0) is 23.4. The average molecular weight is 465 g/mol. The van der Waals surface area contributed by atoms with Gasteiger partial charge in [-0.1, -0.05) is 62.9 Å². The maximum atomic E-state index is 12.2. The molecular weight excluding hydrogens is 432 g/mol. The lowest BCUT2D eigenvalue weighted by atomic mass is 9.92. The summed E-state index contributed by atoms with van der Waals surface area (Å²) in [6.45, 7) is 7.97. The summed E-state index contributed by atoms with van der Waals surface area (Å²) >= 11 is 1.52. The molecule has 1 saturated carbocycles. The molecule has 0 saturated heterocycles. The molecule has 0 atom stereocenters. The number of furan rings is 1. The Morgan fingerprint density at radius 3 is 2.61 bits per heavy atom. The van der Waals surface area contributed by atoms with Crippen molar-refractivity contribution < 1.29 is 9.21 Å². The summed E-state index contributed by atoms with van der Waals surface area (Å²) in [6, 6.07) is 16.0. The number of amides is 1. The van der Waals surface area contributed by atoms with Gasteiger partial charge in [-0.2, -0.15) is 0 Å². The third kappa shape index (κ3) is 6.60. The molecule has 2 heterocycles. The van der Waals surface area contributed by atoms with Gasteiger partial charge < -0.3 is 14.6 Å². The molecule has 4 rings (SSSR count). The van der Waals surface area contributed by atoms with Gasteiger partial charge in [-0.3, -0.25) is 4.79 Å². The number of nitrogens with zero attached hydrogens (tertiary/aromatic N) is 3. The quantitative estimate of drug-likeness (QED) is 0.336. The van der Waals surface area contributed by atoms with E-state index in [2.05, 4.69) is 68.4 Å². The van der Waals surface area contributed by atoms with Crippen LogP contribution in [0.3, 0.4) is 0 Å². The Morgan fingerprint density at radius 2 is 1.91 bits per heavy atom. The van der Waals surface area contributed by atoms with Crippen molar-refractivity contribution in [3.05, 3.63) is 71.3 Å². The molecule has 1 aromatic carbocycles. The number of aromatic nitrogens is 2. The normalized spacial score (nSPS) is 13.7. The minimum Gasteiger partial charge on any atom is -0.455 e. The van der Waals surface area contributed by atoms with E-state index < -0.39 is 0 Å². The number of anilines is 1. The molecule has 7 heteroatoms. The molecule has 0 bridgehead atoms. The van der Waals surface area contributed by atoms with Crippen LogP contribution in [0.2, 0.25) is 0 Å². The highest BCUT2D eigenvalue weighted by molar-refractivity contribution is 7.98. The second-order valence-corrected chi connectivity index (χ2v) is 10.6. The van der Waals surface area contributed by atoms with Crippen LogP contribution in [0.4, 0.5) is 5.82 Å². The molecule has 1 aliphatic rings. The predicted molar refractivity (Wildman–Crippen MR) is 133 cm³/mol. The molecule has 33 heavy (non-hydrogen) atoms. The van der Waals surface area contributed by atoms with E-state index >= 15 is 0 Å². The van der Waals surface area contributed by atoms with Crippen molar-refractivity contribution in [1.82, 2.24) is 15.3 Å². The number of hydrogen-bond donors (Lipinski definition) is 1. The molecule has 6 nitrogen and oxygen atoms in total. The van der Waals surface area contributed by atoms with Crippen LogP contribution < -0.4 is 10.2 Å². The lowest BCUT2D eigenvalue weighted by molar-refractivity contribution is 0.0922. The van der Waals surface area contributed by atoms with Gasteiger partial charge in [-0.05, 0) is 36.5 Å². The Balaban J connectivity index is 1.45. The second kappa shape index (κ2) is 10.00. The van der Waals surface area contributed by atoms with Crippen LogP contribution in [0.25, 0.3) is 0 Å². The SMILES string of the molecule is CN(Cc1ccccc1)c1cc(C(C)(C)C)nc(SCc2ccc(C(=O)NCC3CC3)o2)n1. The Labute approximate surface area is 200 Å². The van der Waals surface area contributed by atoms with Gasteiger partial charge in [0.2, 0.25) is 0 Å². The number of nitrogens with one attached hydrogen (secondary N) is 1. The van der Waals surface area contributed by atoms with E-state index in [0.29, 0.717) is 22.6 Å². The Hall–Kier alpha value is -2.80. The fourth-order valence-corrected chi connectivity index (χ4v) is 4.10. The minimum absolute atomic E-state index is 0.0991. The van der Waals surface area contributed by atoms with Crippen LogP contribution in [0.15, 0.2) is 58.1 Å². The molecule has 1 amide bonds. The number of thioether (sulfide) groups is 1. The van der Waals surface area contributed by atoms with E-state index in [1.165, 1.54) is 30.2 Å². The first-order valence-electron chi connectivity index (χ1n) is 11.4. The summed E-state index contributed by atoms with van der Waals surface area (Å²) in [5.41, 5.74) is 2.13. The van der Waals surface area contributed by atoms with E-state index in [-0.39, 0.29) is 11.3 Å². The lowest BCUT2D eigenvalue weighted by Crippen LogP contribution is -2.24. The first-order chi connectivity index (χ1) is 15.8. The molecule has 1 fully saturated rings. The van der Waals surface area contributed by atoms with Crippen molar-refractivity contribution in [2.24, 2.45) is 5.92 Å². The van der Waals surface area contributed by atoms with E-state index in [0.717, 1.165) is 30.4 Å². The molecular formula is C26H32N4O2S. The number of carbonyl (C=O) groups is 1. The molecule has 2 aromatic heterocycles. The highest BCUT2D eigenvalue weighted by Gasteiger charge is 2.23. The first kappa shape index (κ1) is 23.4. The number of benzene rings is 1. The Bertz CT molecular complexity index is 1090. The predicted octanol–water partition coefficient (Wildman–Crippen LogP) is 5.44. The third-order valence-electron chi connectivity index (χ3n) is 5.59. The molecule has 0 spiro atoms. The van der Waals surface area contributed by atoms with Crippen molar-refractivity contribution in [2.45, 2.75) is 56.5 Å². The summed E-state index contributed by atoms with van der Waals surface area (Å²) in [7, 11) is 2.05. The smallest absolute Gasteiger partial charge is 0.287 e. The maximum Gasteiger partial charge on any atom is 0.287 e. The van der Waals surface area contributed by atoms with E-state index in [4.69, 9.17) is 14.4 Å². The van der Waals surface area contributed by atoms with Crippen molar-refractivity contribution in [1.29, 1.82) is 0 Å². The number of hydrogen-bond acceptors (Lipinski definition) is 6. The zero-order valence-corrected chi connectivity index (χ0v) is 20.6. The van der Waals surface area contributed by atoms with Crippen LogP contribution in [-0.4, -0.2) is 29.5 Å². The molecule has 174 valence electrons. The van der Waals surface area contributed by atoms with Gasteiger partial charge in [0.1, 0.15) is 11.6 Å². The molecule has 3 aromatic rings. The summed E-state index contributed by atoms with van der Waals surface area (Å²) in [5.74, 6) is 3.04. The van der Waals surface area contributed by atoms with Gasteiger partial charge in [-0.25, -0.2) is 9.97 Å². The summed E-state index contributed by atoms with van der Waals surface area (Å²) in [6.07, 6.45) is 2.41. The van der Waals surface area contributed by atoms with Gasteiger partial charge in [0.05, 0.1) is 11.4 Å². The Kier molecular flexibility index (Phi) is 7.08. The largest absolute Gasteiger partial charge is 0.455 e. The summed E-state index contributed by atoms with van der Waals surface area (Å²) < 4.78 is 5.78. The monoisotopic (exact) mass is 464 g/mol. The number of carbonyl (C=O) groups excluding carboxylic acids is 1. The fourth-order valence-electron chi connectivity index (χ4n) is 3.35. The summed E-state index contributed by atoms with van der Waals surface area (Å²) in [4.78, 5) is 24.0. The van der Waals surface area contributed by atoms with Crippen LogP contribution in [0, 0.1) is 5.92 Å². The van der Waals surface area contributed by atoms with E-state index in [1.54, 1.807) is 6.07 Å². The van der Waals surface area contributed by atoms with Gasteiger partial charge in [0.15, 0.2) is 10.9 Å². The van der Waals surface area contributed by atoms with Crippen molar-refractivity contribution >= 4 is 23.5 Å². The molecule has 0 unspecified atom stereocenters. The standard InChI is InChI=1S/C26H32N4O2S/c1-26(2,3)22-14-23(30(4)16-19-8-6-5-7-9-19)29-25(28-22)33-17-20-12-13-21(32-20)24(31)27-15-18-10-11-18/h5-9,12-14,18H,10-11,15-17H2,1-4H3,(H,27,31). The van der Waals surface area contributed by atoms with E-state index in [9.17, 15) is 4.79 Å². The molecule has 1 aliphatic carbocycles. The topological polar surface area (TPSA) is 71.3 Å². The second-order valence-electron chi connectivity index (χ2n) is 9.69. The molecule has 0 aliphatic heterocycles. The van der Waals surface area contributed by atoms with Crippen molar-refractivity contribution in [3.8, 4) is 0 Å².